The molecular formula is C21H18F2N2O3S. The molecule has 0 saturated carbocycles. The Labute approximate surface area is 170 Å². The average Bonchev–Trinajstić information content (AvgIpc) is 2.95. The van der Waals surface area contributed by atoms with E-state index in [9.17, 15) is 23.2 Å². The highest BCUT2D eigenvalue weighted by Gasteiger charge is 2.34. The van der Waals surface area contributed by atoms with Crippen molar-refractivity contribution in [3.8, 4) is 0 Å². The van der Waals surface area contributed by atoms with Crippen LogP contribution in [-0.4, -0.2) is 35.0 Å². The van der Waals surface area contributed by atoms with Gasteiger partial charge in [0.05, 0.1) is 4.91 Å². The molecule has 0 bridgehead atoms. The number of thioether (sulfide) groups is 1. The van der Waals surface area contributed by atoms with Crippen LogP contribution in [0.1, 0.15) is 17.5 Å². The largest absolute Gasteiger partial charge is 0.354 e. The number of rotatable bonds is 7. The van der Waals surface area contributed by atoms with Crippen LogP contribution < -0.4 is 5.32 Å². The lowest BCUT2D eigenvalue weighted by atomic mass is 10.1. The Morgan fingerprint density at radius 1 is 1.10 bits per heavy atom. The van der Waals surface area contributed by atoms with E-state index in [1.54, 1.807) is 18.2 Å². The maximum atomic E-state index is 13.7. The van der Waals surface area contributed by atoms with Gasteiger partial charge in [0, 0.05) is 25.1 Å². The number of nitrogens with zero attached hydrogens (tertiary/aromatic N) is 1. The minimum absolute atomic E-state index is 0.0188. The number of nitrogens with one attached hydrogen (secondary N) is 1. The molecule has 0 spiro atoms. The molecule has 2 aromatic rings. The van der Waals surface area contributed by atoms with Crippen LogP contribution in [-0.2, 0) is 16.0 Å². The summed E-state index contributed by atoms with van der Waals surface area (Å²) >= 11 is 0.737. The molecule has 1 aliphatic rings. The third-order valence-corrected chi connectivity index (χ3v) is 5.16. The molecule has 0 unspecified atom stereocenters. The summed E-state index contributed by atoms with van der Waals surface area (Å²) in [6.07, 6.45) is 1.90. The third-order valence-electron chi connectivity index (χ3n) is 4.25. The van der Waals surface area contributed by atoms with Gasteiger partial charge in [0.1, 0.15) is 11.6 Å². The molecule has 3 amide bonds. The summed E-state index contributed by atoms with van der Waals surface area (Å²) in [5.41, 5.74) is 0.938. The first-order valence-electron chi connectivity index (χ1n) is 8.95. The van der Waals surface area contributed by atoms with Gasteiger partial charge in [-0.2, -0.15) is 0 Å². The van der Waals surface area contributed by atoms with Gasteiger partial charge in [-0.1, -0.05) is 30.3 Å². The van der Waals surface area contributed by atoms with Crippen molar-refractivity contribution in [3.05, 3.63) is 76.2 Å². The molecular weight excluding hydrogens is 398 g/mol. The fourth-order valence-corrected chi connectivity index (χ4v) is 3.63. The molecule has 8 heteroatoms. The second-order valence-corrected chi connectivity index (χ2v) is 7.33. The molecule has 1 saturated heterocycles. The molecule has 1 heterocycles. The molecule has 1 N–H and O–H groups in total. The van der Waals surface area contributed by atoms with Gasteiger partial charge in [-0.3, -0.25) is 19.3 Å². The van der Waals surface area contributed by atoms with E-state index in [0.29, 0.717) is 12.0 Å². The van der Waals surface area contributed by atoms with Crippen molar-refractivity contribution >= 4 is 34.9 Å². The fraction of sp³-hybridized carbons (Fsp3) is 0.190. The van der Waals surface area contributed by atoms with Gasteiger partial charge in [-0.15, -0.1) is 0 Å². The molecule has 3 rings (SSSR count). The third kappa shape index (κ3) is 5.51. The van der Waals surface area contributed by atoms with Gasteiger partial charge in [-0.25, -0.2) is 8.78 Å². The van der Waals surface area contributed by atoms with E-state index >= 15 is 0 Å². The number of carbonyl (C=O) groups is 3. The number of hydrogen-bond acceptors (Lipinski definition) is 4. The number of imide groups is 1. The monoisotopic (exact) mass is 416 g/mol. The Hall–Kier alpha value is -3.00. The quantitative estimate of drug-likeness (QED) is 0.698. The number of amides is 3. The molecule has 0 atom stereocenters. The van der Waals surface area contributed by atoms with E-state index in [0.717, 1.165) is 16.7 Å². The Kier molecular flexibility index (Phi) is 6.77. The van der Waals surface area contributed by atoms with Gasteiger partial charge in [0.2, 0.25) is 5.91 Å². The van der Waals surface area contributed by atoms with E-state index in [-0.39, 0.29) is 41.7 Å². The average molecular weight is 416 g/mol. The summed E-state index contributed by atoms with van der Waals surface area (Å²) in [6.45, 7) is 0.123. The zero-order valence-electron chi connectivity index (χ0n) is 15.4. The van der Waals surface area contributed by atoms with Gasteiger partial charge in [0.25, 0.3) is 11.1 Å². The number of benzene rings is 2. The van der Waals surface area contributed by atoms with Gasteiger partial charge in [0.15, 0.2) is 0 Å². The van der Waals surface area contributed by atoms with Crippen molar-refractivity contribution < 1.29 is 23.2 Å². The van der Waals surface area contributed by atoms with E-state index in [1.807, 2.05) is 0 Å². The van der Waals surface area contributed by atoms with Crippen LogP contribution in [0.25, 0.3) is 6.08 Å². The molecule has 5 nitrogen and oxygen atoms in total. The minimum atomic E-state index is -0.516. The minimum Gasteiger partial charge on any atom is -0.354 e. The Bertz CT molecular complexity index is 978. The Morgan fingerprint density at radius 2 is 1.90 bits per heavy atom. The lowest BCUT2D eigenvalue weighted by molar-refractivity contribution is -0.124. The van der Waals surface area contributed by atoms with E-state index in [4.69, 9.17) is 0 Å². The molecule has 0 radical (unpaired) electrons. The van der Waals surface area contributed by atoms with Crippen molar-refractivity contribution in [2.75, 3.05) is 13.1 Å². The Morgan fingerprint density at radius 3 is 2.66 bits per heavy atom. The Balaban J connectivity index is 1.49. The molecule has 150 valence electrons. The number of carbonyl (C=O) groups excluding carboxylic acids is 3. The van der Waals surface area contributed by atoms with E-state index in [2.05, 4.69) is 5.32 Å². The lowest BCUT2D eigenvalue weighted by Gasteiger charge is -2.13. The first-order valence-corrected chi connectivity index (χ1v) is 9.77. The van der Waals surface area contributed by atoms with Gasteiger partial charge < -0.3 is 5.32 Å². The van der Waals surface area contributed by atoms with Crippen LogP contribution in [0, 0.1) is 11.6 Å². The predicted molar refractivity (Wildman–Crippen MR) is 107 cm³/mol. The summed E-state index contributed by atoms with van der Waals surface area (Å²) in [6, 6.07) is 12.0. The van der Waals surface area contributed by atoms with Crippen molar-refractivity contribution in [3.63, 3.8) is 0 Å². The van der Waals surface area contributed by atoms with Crippen molar-refractivity contribution in [2.24, 2.45) is 0 Å². The van der Waals surface area contributed by atoms with Crippen molar-refractivity contribution in [2.45, 2.75) is 12.8 Å². The number of hydrogen-bond donors (Lipinski definition) is 1. The maximum absolute atomic E-state index is 13.7. The molecule has 0 aromatic heterocycles. The zero-order valence-corrected chi connectivity index (χ0v) is 16.2. The predicted octanol–water partition coefficient (Wildman–Crippen LogP) is 3.75. The van der Waals surface area contributed by atoms with Crippen LogP contribution in [0.4, 0.5) is 13.6 Å². The summed E-state index contributed by atoms with van der Waals surface area (Å²) < 4.78 is 26.9. The number of aryl methyl sites for hydroxylation is 1. The van der Waals surface area contributed by atoms with Crippen LogP contribution in [0.3, 0.4) is 0 Å². The summed E-state index contributed by atoms with van der Waals surface area (Å²) in [4.78, 5) is 37.6. The molecule has 1 fully saturated rings. The second kappa shape index (κ2) is 9.47. The number of halogens is 2. The molecule has 0 aliphatic carbocycles. The van der Waals surface area contributed by atoms with E-state index < -0.39 is 17.0 Å². The zero-order chi connectivity index (χ0) is 20.8. The second-order valence-electron chi connectivity index (χ2n) is 6.33. The van der Waals surface area contributed by atoms with Gasteiger partial charge >= 0.3 is 0 Å². The summed E-state index contributed by atoms with van der Waals surface area (Å²) in [5.74, 6) is -1.61. The van der Waals surface area contributed by atoms with Gasteiger partial charge in [-0.05, 0) is 48.0 Å². The van der Waals surface area contributed by atoms with Crippen LogP contribution >= 0.6 is 11.8 Å². The van der Waals surface area contributed by atoms with Crippen LogP contribution in [0.15, 0.2) is 53.4 Å². The van der Waals surface area contributed by atoms with E-state index in [1.165, 1.54) is 36.4 Å². The summed E-state index contributed by atoms with van der Waals surface area (Å²) in [5, 5.41) is 2.18. The van der Waals surface area contributed by atoms with Crippen molar-refractivity contribution in [1.29, 1.82) is 0 Å². The van der Waals surface area contributed by atoms with Crippen molar-refractivity contribution in [1.82, 2.24) is 10.2 Å². The fourth-order valence-electron chi connectivity index (χ4n) is 2.77. The first-order chi connectivity index (χ1) is 13.9. The first kappa shape index (κ1) is 20.7. The van der Waals surface area contributed by atoms with Crippen LogP contribution in [0.5, 0.6) is 0 Å². The maximum Gasteiger partial charge on any atom is 0.293 e. The summed E-state index contributed by atoms with van der Waals surface area (Å²) in [7, 11) is 0. The van der Waals surface area contributed by atoms with Crippen LogP contribution in [0.2, 0.25) is 0 Å². The SMILES string of the molecule is O=C(CCc1cccc(F)c1)NCCN1C(=O)S/C(=C\c2ccccc2F)C1=O. The molecule has 29 heavy (non-hydrogen) atoms. The standard InChI is InChI=1S/C21H18F2N2O3S/c22-16-6-3-4-14(12-16)8-9-19(26)24-10-11-25-20(27)18(29-21(25)28)13-15-5-1-2-7-17(15)23/h1-7,12-13H,8-11H2,(H,24,26)/b18-13-. The lowest BCUT2D eigenvalue weighted by Crippen LogP contribution is -2.37. The molecule has 1 aliphatic heterocycles. The highest BCUT2D eigenvalue weighted by atomic mass is 32.2. The molecule has 2 aromatic carbocycles. The normalized spacial score (nSPS) is 15.2. The highest BCUT2D eigenvalue weighted by molar-refractivity contribution is 8.18. The smallest absolute Gasteiger partial charge is 0.293 e. The highest BCUT2D eigenvalue weighted by Crippen LogP contribution is 2.32. The topological polar surface area (TPSA) is 66.5 Å².